The summed E-state index contributed by atoms with van der Waals surface area (Å²) < 4.78 is 26.1. The summed E-state index contributed by atoms with van der Waals surface area (Å²) in [5.74, 6) is -0.988. The molecule has 0 amide bonds. The molecular weight excluding hydrogens is 246 g/mol. The highest BCUT2D eigenvalue weighted by atomic mass is 19.1. The summed E-state index contributed by atoms with van der Waals surface area (Å²) >= 11 is 0. The monoisotopic (exact) mass is 268 g/mol. The molecule has 1 aromatic rings. The number of hydrogen-bond donors (Lipinski definition) is 1. The Labute approximate surface area is 113 Å². The summed E-state index contributed by atoms with van der Waals surface area (Å²) in [6.07, 6.45) is 2.99. The number of nitrogens with zero attached hydrogens (tertiary/aromatic N) is 1. The van der Waals surface area contributed by atoms with E-state index in [0.29, 0.717) is 12.5 Å². The fraction of sp³-hybridized carbons (Fsp3) is 0.600. The molecule has 0 unspecified atom stereocenters. The Morgan fingerprint density at radius 1 is 1.16 bits per heavy atom. The molecule has 0 aliphatic carbocycles. The molecular formula is C15H22F2N2. The van der Waals surface area contributed by atoms with Crippen molar-refractivity contribution in [2.45, 2.75) is 32.2 Å². The highest BCUT2D eigenvalue weighted by Crippen LogP contribution is 2.11. The lowest BCUT2D eigenvalue weighted by Gasteiger charge is -2.31. The number of rotatable bonds is 5. The molecule has 1 saturated heterocycles. The predicted octanol–water partition coefficient (Wildman–Crippen LogP) is 2.58. The maximum absolute atomic E-state index is 13.0. The molecule has 1 aromatic carbocycles. The molecule has 0 atom stereocenters. The SMILES string of the molecule is CCN1CCC(NCCc2cc(F)cc(F)c2)CC1. The van der Waals surface area contributed by atoms with Crippen molar-refractivity contribution in [1.29, 1.82) is 0 Å². The molecule has 0 radical (unpaired) electrons. The number of halogens is 2. The van der Waals surface area contributed by atoms with Crippen LogP contribution < -0.4 is 5.32 Å². The minimum absolute atomic E-state index is 0.494. The topological polar surface area (TPSA) is 15.3 Å². The second kappa shape index (κ2) is 6.96. The Balaban J connectivity index is 1.72. The zero-order chi connectivity index (χ0) is 13.7. The number of likely N-dealkylation sites (tertiary alicyclic amines) is 1. The molecule has 0 aromatic heterocycles. The first-order chi connectivity index (χ1) is 9.17. The third-order valence-corrected chi connectivity index (χ3v) is 3.80. The van der Waals surface area contributed by atoms with Crippen LogP contribution in [0.1, 0.15) is 25.3 Å². The van der Waals surface area contributed by atoms with Crippen LogP contribution in [-0.4, -0.2) is 37.1 Å². The van der Waals surface area contributed by atoms with E-state index in [1.54, 1.807) is 0 Å². The zero-order valence-corrected chi connectivity index (χ0v) is 11.5. The van der Waals surface area contributed by atoms with Crippen molar-refractivity contribution in [3.05, 3.63) is 35.4 Å². The van der Waals surface area contributed by atoms with Crippen LogP contribution in [0.5, 0.6) is 0 Å². The molecule has 1 aliphatic heterocycles. The first kappa shape index (κ1) is 14.4. The van der Waals surface area contributed by atoms with Crippen LogP contribution in [0.2, 0.25) is 0 Å². The minimum Gasteiger partial charge on any atom is -0.314 e. The third kappa shape index (κ3) is 4.55. The van der Waals surface area contributed by atoms with E-state index >= 15 is 0 Å². The van der Waals surface area contributed by atoms with Crippen LogP contribution in [-0.2, 0) is 6.42 Å². The molecule has 106 valence electrons. The van der Waals surface area contributed by atoms with Gasteiger partial charge in [0, 0.05) is 12.1 Å². The van der Waals surface area contributed by atoms with Gasteiger partial charge in [-0.05, 0) is 63.1 Å². The van der Waals surface area contributed by atoms with E-state index in [-0.39, 0.29) is 0 Å². The summed E-state index contributed by atoms with van der Waals surface area (Å²) in [6.45, 7) is 6.37. The third-order valence-electron chi connectivity index (χ3n) is 3.80. The van der Waals surface area contributed by atoms with Gasteiger partial charge >= 0.3 is 0 Å². The van der Waals surface area contributed by atoms with Gasteiger partial charge in [0.15, 0.2) is 0 Å². The number of benzene rings is 1. The van der Waals surface area contributed by atoms with Crippen molar-refractivity contribution in [3.63, 3.8) is 0 Å². The molecule has 0 saturated carbocycles. The van der Waals surface area contributed by atoms with Gasteiger partial charge in [0.1, 0.15) is 11.6 Å². The quantitative estimate of drug-likeness (QED) is 0.883. The maximum atomic E-state index is 13.0. The summed E-state index contributed by atoms with van der Waals surface area (Å²) in [5, 5.41) is 3.48. The Hall–Kier alpha value is -1.00. The smallest absolute Gasteiger partial charge is 0.126 e. The van der Waals surface area contributed by atoms with Crippen LogP contribution in [0.4, 0.5) is 8.78 Å². The average molecular weight is 268 g/mol. The van der Waals surface area contributed by atoms with Gasteiger partial charge in [0.2, 0.25) is 0 Å². The summed E-state index contributed by atoms with van der Waals surface area (Å²) in [5.41, 5.74) is 0.719. The van der Waals surface area contributed by atoms with Gasteiger partial charge in [-0.15, -0.1) is 0 Å². The largest absolute Gasteiger partial charge is 0.314 e. The highest BCUT2D eigenvalue weighted by Gasteiger charge is 2.16. The lowest BCUT2D eigenvalue weighted by atomic mass is 10.0. The van der Waals surface area contributed by atoms with Gasteiger partial charge in [0.25, 0.3) is 0 Å². The van der Waals surface area contributed by atoms with Gasteiger partial charge in [-0.1, -0.05) is 6.92 Å². The first-order valence-corrected chi connectivity index (χ1v) is 7.08. The van der Waals surface area contributed by atoms with Gasteiger partial charge < -0.3 is 10.2 Å². The predicted molar refractivity (Wildman–Crippen MR) is 73.2 cm³/mol. The minimum atomic E-state index is -0.494. The van der Waals surface area contributed by atoms with Gasteiger partial charge in [-0.25, -0.2) is 8.78 Å². The fourth-order valence-corrected chi connectivity index (χ4v) is 2.63. The van der Waals surface area contributed by atoms with Crippen molar-refractivity contribution in [2.24, 2.45) is 0 Å². The van der Waals surface area contributed by atoms with Crippen LogP contribution in [0.15, 0.2) is 18.2 Å². The molecule has 2 nitrogen and oxygen atoms in total. The second-order valence-corrected chi connectivity index (χ2v) is 5.19. The summed E-state index contributed by atoms with van der Waals surface area (Å²) in [6, 6.07) is 4.27. The van der Waals surface area contributed by atoms with E-state index in [9.17, 15) is 8.78 Å². The number of piperidine rings is 1. The Morgan fingerprint density at radius 2 is 1.79 bits per heavy atom. The van der Waals surface area contributed by atoms with Gasteiger partial charge in [-0.2, -0.15) is 0 Å². The van der Waals surface area contributed by atoms with Crippen molar-refractivity contribution >= 4 is 0 Å². The summed E-state index contributed by atoms with van der Waals surface area (Å²) in [7, 11) is 0. The molecule has 0 bridgehead atoms. The molecule has 2 rings (SSSR count). The standard InChI is InChI=1S/C15H22F2N2/c1-2-19-7-4-15(5-8-19)18-6-3-12-9-13(16)11-14(17)10-12/h9-11,15,18H,2-8H2,1H3. The van der Waals surface area contributed by atoms with E-state index in [4.69, 9.17) is 0 Å². The lowest BCUT2D eigenvalue weighted by molar-refractivity contribution is 0.207. The van der Waals surface area contributed by atoms with Gasteiger partial charge in [-0.3, -0.25) is 0 Å². The molecule has 19 heavy (non-hydrogen) atoms. The normalized spacial score (nSPS) is 17.8. The van der Waals surface area contributed by atoms with E-state index in [1.165, 1.54) is 12.1 Å². The van der Waals surface area contributed by atoms with E-state index in [1.807, 2.05) is 0 Å². The van der Waals surface area contributed by atoms with Crippen LogP contribution in [0.3, 0.4) is 0 Å². The lowest BCUT2D eigenvalue weighted by Crippen LogP contribution is -2.42. The zero-order valence-electron chi connectivity index (χ0n) is 11.5. The average Bonchev–Trinajstić information content (AvgIpc) is 2.38. The molecule has 4 heteroatoms. The highest BCUT2D eigenvalue weighted by molar-refractivity contribution is 5.18. The Bertz CT molecular complexity index is 381. The van der Waals surface area contributed by atoms with Crippen LogP contribution in [0.25, 0.3) is 0 Å². The van der Waals surface area contributed by atoms with Crippen molar-refractivity contribution in [3.8, 4) is 0 Å². The second-order valence-electron chi connectivity index (χ2n) is 5.19. The Morgan fingerprint density at radius 3 is 2.37 bits per heavy atom. The first-order valence-electron chi connectivity index (χ1n) is 7.08. The van der Waals surface area contributed by atoms with Crippen LogP contribution in [0, 0.1) is 11.6 Å². The van der Waals surface area contributed by atoms with Crippen LogP contribution >= 0.6 is 0 Å². The van der Waals surface area contributed by atoms with Crippen molar-refractivity contribution in [1.82, 2.24) is 10.2 Å². The summed E-state index contributed by atoms with van der Waals surface area (Å²) in [4.78, 5) is 2.44. The fourth-order valence-electron chi connectivity index (χ4n) is 2.63. The maximum Gasteiger partial charge on any atom is 0.126 e. The molecule has 1 heterocycles. The van der Waals surface area contributed by atoms with E-state index in [0.717, 1.165) is 50.7 Å². The van der Waals surface area contributed by atoms with Crippen molar-refractivity contribution in [2.75, 3.05) is 26.2 Å². The number of nitrogens with one attached hydrogen (secondary N) is 1. The molecule has 1 aliphatic rings. The molecule has 1 N–H and O–H groups in total. The molecule has 0 spiro atoms. The Kier molecular flexibility index (Phi) is 5.28. The van der Waals surface area contributed by atoms with E-state index < -0.39 is 11.6 Å². The van der Waals surface area contributed by atoms with Gasteiger partial charge in [0.05, 0.1) is 0 Å². The molecule has 1 fully saturated rings. The van der Waals surface area contributed by atoms with E-state index in [2.05, 4.69) is 17.1 Å². The number of hydrogen-bond acceptors (Lipinski definition) is 2. The van der Waals surface area contributed by atoms with Crippen molar-refractivity contribution < 1.29 is 8.78 Å².